The van der Waals surface area contributed by atoms with Gasteiger partial charge < -0.3 is 10.6 Å². The minimum absolute atomic E-state index is 0.0425. The number of nitrogens with one attached hydrogen (secondary N) is 2. The van der Waals surface area contributed by atoms with E-state index in [-0.39, 0.29) is 21.4 Å². The number of rotatable bonds is 4. The fourth-order valence-electron chi connectivity index (χ4n) is 2.24. The van der Waals surface area contributed by atoms with Crippen LogP contribution in [0.5, 0.6) is 0 Å². The van der Waals surface area contributed by atoms with Crippen molar-refractivity contribution in [1.82, 2.24) is 4.98 Å². The minimum atomic E-state index is -0.525. The molecule has 0 spiro atoms. The van der Waals surface area contributed by atoms with Crippen molar-refractivity contribution in [3.63, 3.8) is 0 Å². The molecule has 3 rings (SSSR count). The molecule has 0 bridgehead atoms. The van der Waals surface area contributed by atoms with Crippen LogP contribution in [0.25, 0.3) is 0 Å². The van der Waals surface area contributed by atoms with Crippen LogP contribution in [0.1, 0.15) is 21.0 Å². The van der Waals surface area contributed by atoms with E-state index in [2.05, 4.69) is 15.6 Å². The van der Waals surface area contributed by atoms with Gasteiger partial charge in [-0.05, 0) is 48.5 Å². The summed E-state index contributed by atoms with van der Waals surface area (Å²) >= 11 is 23.8. The van der Waals surface area contributed by atoms with Crippen LogP contribution in [0.4, 0.5) is 11.4 Å². The number of hydrogen-bond acceptors (Lipinski definition) is 3. The van der Waals surface area contributed by atoms with Gasteiger partial charge in [0, 0.05) is 10.0 Å². The lowest BCUT2D eigenvalue weighted by atomic mass is 10.2. The Morgan fingerprint density at radius 1 is 0.679 bits per heavy atom. The predicted molar refractivity (Wildman–Crippen MR) is 113 cm³/mol. The van der Waals surface area contributed by atoms with Crippen molar-refractivity contribution in [2.45, 2.75) is 0 Å². The lowest BCUT2D eigenvalue weighted by Crippen LogP contribution is -2.18. The maximum absolute atomic E-state index is 12.4. The molecule has 3 aromatic rings. The second kappa shape index (κ2) is 8.80. The molecule has 1 heterocycles. The van der Waals surface area contributed by atoms with Crippen molar-refractivity contribution >= 4 is 69.6 Å². The Kier molecular flexibility index (Phi) is 6.42. The Morgan fingerprint density at radius 2 is 1.11 bits per heavy atom. The van der Waals surface area contributed by atoms with Gasteiger partial charge in [0.05, 0.1) is 21.4 Å². The number of aromatic nitrogens is 1. The van der Waals surface area contributed by atoms with Gasteiger partial charge in [0.1, 0.15) is 11.4 Å². The van der Waals surface area contributed by atoms with E-state index < -0.39 is 11.8 Å². The molecule has 142 valence electrons. The van der Waals surface area contributed by atoms with Crippen molar-refractivity contribution in [2.75, 3.05) is 10.6 Å². The summed E-state index contributed by atoms with van der Waals surface area (Å²) in [7, 11) is 0. The second-order valence-electron chi connectivity index (χ2n) is 5.56. The van der Waals surface area contributed by atoms with E-state index >= 15 is 0 Å². The van der Waals surface area contributed by atoms with Crippen molar-refractivity contribution < 1.29 is 9.59 Å². The Balaban J connectivity index is 1.77. The first-order valence-corrected chi connectivity index (χ1v) is 9.34. The van der Waals surface area contributed by atoms with Crippen LogP contribution < -0.4 is 10.6 Å². The summed E-state index contributed by atoms with van der Waals surface area (Å²) in [6, 6.07) is 13.8. The maximum Gasteiger partial charge on any atom is 0.274 e. The summed E-state index contributed by atoms with van der Waals surface area (Å²) in [5.41, 5.74) is 0.836. The van der Waals surface area contributed by atoms with Gasteiger partial charge in [-0.3, -0.25) is 9.59 Å². The molecule has 0 radical (unpaired) electrons. The van der Waals surface area contributed by atoms with Gasteiger partial charge in [-0.1, -0.05) is 52.5 Å². The number of nitrogens with zero attached hydrogens (tertiary/aromatic N) is 1. The number of pyridine rings is 1. The lowest BCUT2D eigenvalue weighted by molar-refractivity contribution is 0.101. The van der Waals surface area contributed by atoms with Crippen molar-refractivity contribution in [3.05, 3.63) is 86.1 Å². The van der Waals surface area contributed by atoms with Gasteiger partial charge in [0.25, 0.3) is 11.8 Å². The number of hydrogen-bond donors (Lipinski definition) is 2. The molecular formula is C19H11Cl4N3O2. The number of carbonyl (C=O) groups excluding carboxylic acids is 2. The van der Waals surface area contributed by atoms with Crippen LogP contribution in [0.3, 0.4) is 0 Å². The topological polar surface area (TPSA) is 71.1 Å². The number of carbonyl (C=O) groups is 2. The fraction of sp³-hybridized carbons (Fsp3) is 0. The summed E-state index contributed by atoms with van der Waals surface area (Å²) in [6.07, 6.45) is 0. The first kappa shape index (κ1) is 20.4. The zero-order valence-corrected chi connectivity index (χ0v) is 17.0. The van der Waals surface area contributed by atoms with Crippen LogP contribution in [0, 0.1) is 0 Å². The zero-order valence-electron chi connectivity index (χ0n) is 14.0. The van der Waals surface area contributed by atoms with Crippen molar-refractivity contribution in [1.29, 1.82) is 0 Å². The molecule has 0 unspecified atom stereocenters. The standard InChI is InChI=1S/C19H11Cl4N3O2/c20-10-4-6-14(12(22)8-10)25-18(27)16-2-1-3-17(24-16)19(28)26-15-7-5-11(21)9-13(15)23/h1-9H,(H,25,27)(H,26,28). The van der Waals surface area contributed by atoms with Crippen LogP contribution in [0.2, 0.25) is 20.1 Å². The van der Waals surface area contributed by atoms with E-state index in [1.165, 1.54) is 24.3 Å². The molecule has 0 atom stereocenters. The maximum atomic E-state index is 12.4. The van der Waals surface area contributed by atoms with Crippen LogP contribution in [0.15, 0.2) is 54.6 Å². The first-order chi connectivity index (χ1) is 13.3. The third-order valence-corrected chi connectivity index (χ3v) is 4.67. The summed E-state index contributed by atoms with van der Waals surface area (Å²) in [5.74, 6) is -1.05. The number of anilines is 2. The molecule has 2 N–H and O–H groups in total. The Labute approximate surface area is 180 Å². The smallest absolute Gasteiger partial charge is 0.274 e. The average Bonchev–Trinajstić information content (AvgIpc) is 2.66. The normalized spacial score (nSPS) is 10.4. The van der Waals surface area contributed by atoms with Crippen LogP contribution in [-0.4, -0.2) is 16.8 Å². The van der Waals surface area contributed by atoms with E-state index in [4.69, 9.17) is 46.4 Å². The molecular weight excluding hydrogens is 444 g/mol. The number of halogens is 4. The largest absolute Gasteiger partial charge is 0.319 e. The predicted octanol–water partition coefficient (Wildman–Crippen LogP) is 6.20. The van der Waals surface area contributed by atoms with E-state index in [1.54, 1.807) is 30.3 Å². The molecule has 2 aromatic carbocycles. The zero-order chi connectivity index (χ0) is 20.3. The summed E-state index contributed by atoms with van der Waals surface area (Å²) in [4.78, 5) is 29.0. The quantitative estimate of drug-likeness (QED) is 0.492. The summed E-state index contributed by atoms with van der Waals surface area (Å²) in [6.45, 7) is 0. The molecule has 5 nitrogen and oxygen atoms in total. The highest BCUT2D eigenvalue weighted by Gasteiger charge is 2.15. The van der Waals surface area contributed by atoms with Gasteiger partial charge in [-0.25, -0.2) is 4.98 Å². The molecule has 0 aliphatic rings. The summed E-state index contributed by atoms with van der Waals surface area (Å²) < 4.78 is 0. The van der Waals surface area contributed by atoms with Gasteiger partial charge in [0.15, 0.2) is 0 Å². The monoisotopic (exact) mass is 453 g/mol. The lowest BCUT2D eigenvalue weighted by Gasteiger charge is -2.09. The van der Waals surface area contributed by atoms with E-state index in [0.29, 0.717) is 21.4 Å². The highest BCUT2D eigenvalue weighted by atomic mass is 35.5. The number of benzene rings is 2. The Bertz CT molecular complexity index is 992. The SMILES string of the molecule is O=C(Nc1ccc(Cl)cc1Cl)c1cccc(C(=O)Nc2ccc(Cl)cc2Cl)n1. The third-order valence-electron chi connectivity index (χ3n) is 3.57. The van der Waals surface area contributed by atoms with Gasteiger partial charge in [-0.15, -0.1) is 0 Å². The molecule has 0 saturated heterocycles. The van der Waals surface area contributed by atoms with Crippen molar-refractivity contribution in [2.24, 2.45) is 0 Å². The van der Waals surface area contributed by atoms with Gasteiger partial charge in [-0.2, -0.15) is 0 Å². The van der Waals surface area contributed by atoms with E-state index in [9.17, 15) is 9.59 Å². The summed E-state index contributed by atoms with van der Waals surface area (Å²) in [5, 5.41) is 6.71. The fourth-order valence-corrected chi connectivity index (χ4v) is 3.15. The van der Waals surface area contributed by atoms with Crippen LogP contribution in [-0.2, 0) is 0 Å². The number of amides is 2. The first-order valence-electron chi connectivity index (χ1n) is 7.83. The highest BCUT2D eigenvalue weighted by molar-refractivity contribution is 6.37. The average molecular weight is 455 g/mol. The molecule has 0 fully saturated rings. The molecule has 28 heavy (non-hydrogen) atoms. The second-order valence-corrected chi connectivity index (χ2v) is 7.25. The highest BCUT2D eigenvalue weighted by Crippen LogP contribution is 2.27. The van der Waals surface area contributed by atoms with Crippen molar-refractivity contribution in [3.8, 4) is 0 Å². The van der Waals surface area contributed by atoms with E-state index in [1.807, 2.05) is 0 Å². The van der Waals surface area contributed by atoms with Gasteiger partial charge >= 0.3 is 0 Å². The molecule has 9 heteroatoms. The molecule has 0 saturated carbocycles. The third kappa shape index (κ3) is 4.94. The van der Waals surface area contributed by atoms with Gasteiger partial charge in [0.2, 0.25) is 0 Å². The Morgan fingerprint density at radius 3 is 1.50 bits per heavy atom. The van der Waals surface area contributed by atoms with E-state index in [0.717, 1.165) is 0 Å². The molecule has 1 aromatic heterocycles. The molecule has 0 aliphatic carbocycles. The van der Waals surface area contributed by atoms with Crippen LogP contribution >= 0.6 is 46.4 Å². The molecule has 0 aliphatic heterocycles. The molecule has 2 amide bonds. The minimum Gasteiger partial charge on any atom is -0.319 e. The Hall–Kier alpha value is -2.31.